The number of amides is 1. The van der Waals surface area contributed by atoms with Gasteiger partial charge in [0.2, 0.25) is 0 Å². The Hall–Kier alpha value is -5.75. The van der Waals surface area contributed by atoms with Crippen molar-refractivity contribution in [3.63, 3.8) is 0 Å². The summed E-state index contributed by atoms with van der Waals surface area (Å²) < 4.78 is 1.57. The first-order valence-electron chi connectivity index (χ1n) is 20.0. The number of aromatic nitrogens is 3. The summed E-state index contributed by atoms with van der Waals surface area (Å²) in [4.78, 5) is 18.3. The second-order valence-corrected chi connectivity index (χ2v) is 18.0. The van der Waals surface area contributed by atoms with Crippen LogP contribution < -0.4 is 33.6 Å². The molecule has 0 fully saturated rings. The van der Waals surface area contributed by atoms with Gasteiger partial charge in [0.05, 0.1) is 28.5 Å². The third-order valence-electron chi connectivity index (χ3n) is 10.6. The van der Waals surface area contributed by atoms with Gasteiger partial charge in [0, 0.05) is 6.54 Å². The largest absolute Gasteiger partial charge is 1.00 e. The number of carbonyl (C=O) groups excluding carboxylic acids is 1. The maximum Gasteiger partial charge on any atom is 0.253 e. The van der Waals surface area contributed by atoms with Crippen molar-refractivity contribution in [2.45, 2.75) is 51.4 Å². The van der Waals surface area contributed by atoms with E-state index in [0.29, 0.717) is 34.7 Å². The van der Waals surface area contributed by atoms with Crippen LogP contribution >= 0.6 is 7.26 Å². The summed E-state index contributed by atoms with van der Waals surface area (Å²) in [5.74, 6) is 0.514. The standard InChI is InChI=1S/C49H49N4O3P.ClH/c54-45-34-20-17-31-42(45)47-51-48(43-32-18-21-35-46(43)55)53(52-47)44-33-19-16-30-41(44)49(56)50-36-22-5-3-1-2-4-6-23-37-57(38-24-10-7-11-25-38,39-26-12-8-13-27-39)40-28-14-9-15-29-40;/h7-21,24-35H,1-6,22-23,36-37H2,(H2-,50,51,52,54,55,56);1H. The lowest BCUT2D eigenvalue weighted by Crippen LogP contribution is -3.00. The number of para-hydroxylation sites is 3. The maximum atomic E-state index is 13.6. The van der Waals surface area contributed by atoms with Crippen LogP contribution in [0.2, 0.25) is 0 Å². The van der Waals surface area contributed by atoms with Gasteiger partial charge in [-0.1, -0.05) is 123 Å². The molecule has 7 nitrogen and oxygen atoms in total. The fourth-order valence-corrected chi connectivity index (χ4v) is 12.1. The Morgan fingerprint density at radius 1 is 0.534 bits per heavy atom. The molecule has 1 amide bonds. The van der Waals surface area contributed by atoms with E-state index in [0.717, 1.165) is 19.3 Å². The Balaban J connectivity index is 0.00000567. The van der Waals surface area contributed by atoms with Crippen LogP contribution in [0.4, 0.5) is 0 Å². The smallest absolute Gasteiger partial charge is 0.253 e. The quantitative estimate of drug-likeness (QED) is 0.0651. The van der Waals surface area contributed by atoms with E-state index in [1.54, 1.807) is 53.2 Å². The zero-order valence-corrected chi connectivity index (χ0v) is 34.3. The van der Waals surface area contributed by atoms with E-state index in [1.165, 1.54) is 54.2 Å². The van der Waals surface area contributed by atoms with E-state index in [9.17, 15) is 15.0 Å². The predicted octanol–water partition coefficient (Wildman–Crippen LogP) is 6.86. The normalized spacial score (nSPS) is 11.2. The minimum Gasteiger partial charge on any atom is -1.00 e. The number of phenols is 2. The molecule has 296 valence electrons. The molecule has 9 heteroatoms. The molecule has 0 bridgehead atoms. The van der Waals surface area contributed by atoms with Crippen LogP contribution in [0.5, 0.6) is 11.5 Å². The number of halogens is 1. The van der Waals surface area contributed by atoms with Crippen LogP contribution in [0, 0.1) is 0 Å². The van der Waals surface area contributed by atoms with Crippen LogP contribution in [0.3, 0.4) is 0 Å². The first-order valence-corrected chi connectivity index (χ1v) is 22.0. The van der Waals surface area contributed by atoms with Gasteiger partial charge >= 0.3 is 0 Å². The Kier molecular flexibility index (Phi) is 14.9. The summed E-state index contributed by atoms with van der Waals surface area (Å²) >= 11 is 0. The number of benzene rings is 6. The number of unbranched alkanes of at least 4 members (excludes halogenated alkanes) is 7. The van der Waals surface area contributed by atoms with Gasteiger partial charge in [-0.25, -0.2) is 9.67 Å². The van der Waals surface area contributed by atoms with Crippen molar-refractivity contribution in [1.82, 2.24) is 20.1 Å². The highest BCUT2D eigenvalue weighted by atomic mass is 35.5. The van der Waals surface area contributed by atoms with Crippen molar-refractivity contribution in [3.05, 3.63) is 169 Å². The van der Waals surface area contributed by atoms with Gasteiger partial charge < -0.3 is 27.9 Å². The van der Waals surface area contributed by atoms with Gasteiger partial charge in [-0.3, -0.25) is 4.79 Å². The average molecular weight is 809 g/mol. The van der Waals surface area contributed by atoms with Gasteiger partial charge in [0.1, 0.15) is 34.7 Å². The van der Waals surface area contributed by atoms with Crippen molar-refractivity contribution < 1.29 is 27.4 Å². The molecule has 58 heavy (non-hydrogen) atoms. The molecule has 0 radical (unpaired) electrons. The van der Waals surface area contributed by atoms with E-state index in [1.807, 2.05) is 24.3 Å². The summed E-state index contributed by atoms with van der Waals surface area (Å²) in [7, 11) is -1.77. The van der Waals surface area contributed by atoms with Crippen LogP contribution in [-0.4, -0.2) is 43.6 Å². The Labute approximate surface area is 348 Å². The molecular weight excluding hydrogens is 759 g/mol. The van der Waals surface area contributed by atoms with Gasteiger partial charge in [0.15, 0.2) is 11.6 Å². The van der Waals surface area contributed by atoms with Gasteiger partial charge in [-0.2, -0.15) is 0 Å². The van der Waals surface area contributed by atoms with Crippen molar-refractivity contribution in [2.75, 3.05) is 12.7 Å². The maximum absolute atomic E-state index is 13.6. The number of rotatable bonds is 18. The number of aromatic hydroxyl groups is 2. The molecule has 7 rings (SSSR count). The van der Waals surface area contributed by atoms with Crippen molar-refractivity contribution in [2.24, 2.45) is 0 Å². The topological polar surface area (TPSA) is 100 Å². The van der Waals surface area contributed by atoms with Gasteiger partial charge in [-0.05, 0) is 92.1 Å². The fourth-order valence-electron chi connectivity index (χ4n) is 7.66. The number of carbonyl (C=O) groups is 1. The Bertz CT molecular complexity index is 2260. The summed E-state index contributed by atoms with van der Waals surface area (Å²) in [6, 6.07) is 54.4. The molecule has 1 aromatic heterocycles. The molecule has 0 saturated carbocycles. The molecule has 3 N–H and O–H groups in total. The van der Waals surface area contributed by atoms with Crippen LogP contribution in [0.15, 0.2) is 164 Å². The Morgan fingerprint density at radius 2 is 0.983 bits per heavy atom. The first kappa shape index (κ1) is 41.9. The molecule has 0 aliphatic heterocycles. The highest BCUT2D eigenvalue weighted by molar-refractivity contribution is 7.95. The molecule has 0 unspecified atom stereocenters. The van der Waals surface area contributed by atoms with Crippen molar-refractivity contribution >= 4 is 29.1 Å². The molecule has 6 aromatic carbocycles. The van der Waals surface area contributed by atoms with Gasteiger partial charge in [0.25, 0.3) is 5.91 Å². The SMILES string of the molecule is O=C(NCCCCCCCCCC[P+](c1ccccc1)(c1ccccc1)c1ccccc1)c1ccccc1-n1nc(-c2ccccc2O)nc1-c1ccccc1O.[Cl-]. The zero-order valence-electron chi connectivity index (χ0n) is 32.6. The summed E-state index contributed by atoms with van der Waals surface area (Å²) in [5, 5.41) is 33.5. The minimum atomic E-state index is -1.77. The second kappa shape index (κ2) is 20.6. The van der Waals surface area contributed by atoms with Crippen LogP contribution in [0.25, 0.3) is 28.5 Å². The molecule has 0 atom stereocenters. The lowest BCUT2D eigenvalue weighted by atomic mass is 10.1. The third kappa shape index (κ3) is 9.67. The first-order chi connectivity index (χ1) is 28.1. The number of hydrogen-bond donors (Lipinski definition) is 3. The molecule has 0 aliphatic carbocycles. The third-order valence-corrected chi connectivity index (χ3v) is 15.1. The highest BCUT2D eigenvalue weighted by Gasteiger charge is 2.44. The highest BCUT2D eigenvalue weighted by Crippen LogP contribution is 2.56. The van der Waals surface area contributed by atoms with Crippen molar-refractivity contribution in [1.29, 1.82) is 0 Å². The fraction of sp³-hybridized carbons (Fsp3) is 0.204. The molecule has 0 saturated heterocycles. The van der Waals surface area contributed by atoms with E-state index < -0.39 is 7.26 Å². The molecule has 0 spiro atoms. The molecule has 0 aliphatic rings. The molecule has 1 heterocycles. The van der Waals surface area contributed by atoms with Gasteiger partial charge in [-0.15, -0.1) is 5.10 Å². The Morgan fingerprint density at radius 3 is 1.53 bits per heavy atom. The van der Waals surface area contributed by atoms with Crippen LogP contribution in [0.1, 0.15) is 61.7 Å². The lowest BCUT2D eigenvalue weighted by Gasteiger charge is -2.27. The summed E-state index contributed by atoms with van der Waals surface area (Å²) in [5.41, 5.74) is 1.88. The number of phenolic OH excluding ortho intramolecular Hbond substituents is 2. The lowest BCUT2D eigenvalue weighted by molar-refractivity contribution is -0.0000216. The van der Waals surface area contributed by atoms with E-state index in [2.05, 4.69) is 96.3 Å². The summed E-state index contributed by atoms with van der Waals surface area (Å²) in [6.07, 6.45) is 10.3. The number of hydrogen-bond acceptors (Lipinski definition) is 5. The van der Waals surface area contributed by atoms with E-state index in [4.69, 9.17) is 10.1 Å². The monoisotopic (exact) mass is 808 g/mol. The summed E-state index contributed by atoms with van der Waals surface area (Å²) in [6.45, 7) is 0.574. The van der Waals surface area contributed by atoms with Crippen LogP contribution in [-0.2, 0) is 0 Å². The second-order valence-electron chi connectivity index (χ2n) is 14.3. The minimum absolute atomic E-state index is 0. The molecular formula is C49H50ClN4O3P. The molecule has 7 aromatic rings. The van der Waals surface area contributed by atoms with Crippen molar-refractivity contribution in [3.8, 4) is 40.0 Å². The average Bonchev–Trinajstić information content (AvgIpc) is 3.70. The number of nitrogens with zero attached hydrogens (tertiary/aromatic N) is 3. The van der Waals surface area contributed by atoms with E-state index in [-0.39, 0.29) is 35.6 Å². The zero-order chi connectivity index (χ0) is 39.3. The predicted molar refractivity (Wildman–Crippen MR) is 235 cm³/mol. The van der Waals surface area contributed by atoms with E-state index >= 15 is 0 Å². The number of nitrogens with one attached hydrogen (secondary N) is 1.